The van der Waals surface area contributed by atoms with E-state index in [9.17, 15) is 0 Å². The zero-order chi connectivity index (χ0) is 21.9. The van der Waals surface area contributed by atoms with E-state index >= 15 is 0 Å². The van der Waals surface area contributed by atoms with E-state index in [0.29, 0.717) is 0 Å². The molecular formula is C30H50. The topological polar surface area (TPSA) is 0 Å². The summed E-state index contributed by atoms with van der Waals surface area (Å²) in [5.41, 5.74) is 3.16. The fourth-order valence-electron chi connectivity index (χ4n) is 4.94. The zero-order valence-electron chi connectivity index (χ0n) is 20.3. The van der Waals surface area contributed by atoms with Gasteiger partial charge in [-0.1, -0.05) is 114 Å². The number of fused-ring (bicyclic) bond motifs is 2. The molecule has 0 nitrogen and oxygen atoms in total. The highest BCUT2D eigenvalue weighted by Crippen LogP contribution is 2.40. The van der Waals surface area contributed by atoms with Gasteiger partial charge in [0.15, 0.2) is 0 Å². The molecule has 2 saturated carbocycles. The molecule has 1 aromatic rings. The molecule has 0 heteroatoms. The molecule has 0 amide bonds. The van der Waals surface area contributed by atoms with Gasteiger partial charge in [-0.2, -0.15) is 0 Å². The van der Waals surface area contributed by atoms with Crippen LogP contribution in [0.1, 0.15) is 115 Å². The van der Waals surface area contributed by atoms with E-state index in [1.807, 2.05) is 12.2 Å². The third-order valence-corrected chi connectivity index (χ3v) is 6.71. The molecule has 3 aliphatic carbocycles. The second-order valence-corrected chi connectivity index (χ2v) is 9.22. The van der Waals surface area contributed by atoms with Crippen LogP contribution in [0.15, 0.2) is 49.6 Å². The molecule has 4 rings (SSSR count). The molecule has 0 unspecified atom stereocenters. The van der Waals surface area contributed by atoms with Crippen molar-refractivity contribution >= 4 is 0 Å². The highest BCUT2D eigenvalue weighted by molar-refractivity contribution is 5.28. The summed E-state index contributed by atoms with van der Waals surface area (Å²) in [6.07, 6.45) is 26.3. The Balaban J connectivity index is 0.000000213. The van der Waals surface area contributed by atoms with Crippen LogP contribution < -0.4 is 0 Å². The Kier molecular flexibility index (Phi) is 16.5. The van der Waals surface area contributed by atoms with Crippen LogP contribution in [0.3, 0.4) is 0 Å². The van der Waals surface area contributed by atoms with Crippen molar-refractivity contribution in [3.05, 3.63) is 60.7 Å². The first-order chi connectivity index (χ1) is 14.8. The smallest absolute Gasteiger partial charge is 0.0276 e. The maximum absolute atomic E-state index is 3.55. The van der Waals surface area contributed by atoms with Gasteiger partial charge >= 0.3 is 0 Å². The van der Waals surface area contributed by atoms with Gasteiger partial charge in [0.2, 0.25) is 0 Å². The van der Waals surface area contributed by atoms with Crippen molar-refractivity contribution in [2.75, 3.05) is 0 Å². The lowest BCUT2D eigenvalue weighted by molar-refractivity contribution is 0.171. The van der Waals surface area contributed by atoms with Crippen molar-refractivity contribution in [2.24, 2.45) is 11.8 Å². The Morgan fingerprint density at radius 2 is 1.03 bits per heavy atom. The summed E-state index contributed by atoms with van der Waals surface area (Å²) in [7, 11) is 0. The second kappa shape index (κ2) is 18.5. The molecule has 0 aliphatic heterocycles. The predicted octanol–water partition coefficient (Wildman–Crippen LogP) is 9.88. The summed E-state index contributed by atoms with van der Waals surface area (Å²) in [4.78, 5) is 0. The largest absolute Gasteiger partial charge is 0.103 e. The number of benzene rings is 1. The molecule has 2 fully saturated rings. The fourth-order valence-corrected chi connectivity index (χ4v) is 4.94. The molecule has 0 bridgehead atoms. The number of unbranched alkanes of at least 4 members (excludes halogenated alkanes) is 2. The molecule has 0 radical (unpaired) electrons. The maximum atomic E-state index is 3.55. The summed E-state index contributed by atoms with van der Waals surface area (Å²) in [6, 6.07) is 8.80. The first-order valence-electron chi connectivity index (χ1n) is 13.0. The average molecular weight is 411 g/mol. The lowest BCUT2D eigenvalue weighted by atomic mass is 9.71. The summed E-state index contributed by atoms with van der Waals surface area (Å²) < 4.78 is 0. The zero-order valence-corrected chi connectivity index (χ0v) is 20.3. The minimum Gasteiger partial charge on any atom is -0.103 e. The van der Waals surface area contributed by atoms with Crippen LogP contribution in [0.25, 0.3) is 0 Å². The van der Waals surface area contributed by atoms with Gasteiger partial charge in [-0.15, -0.1) is 13.2 Å². The van der Waals surface area contributed by atoms with Gasteiger partial charge in [0.25, 0.3) is 0 Å². The normalized spacial score (nSPS) is 21.5. The fraction of sp³-hybridized carbons (Fsp3) is 0.667. The Morgan fingerprint density at radius 1 is 0.667 bits per heavy atom. The molecule has 0 atom stereocenters. The van der Waals surface area contributed by atoms with Crippen molar-refractivity contribution in [3.63, 3.8) is 0 Å². The highest BCUT2D eigenvalue weighted by atomic mass is 14.3. The van der Waals surface area contributed by atoms with Crippen molar-refractivity contribution in [1.29, 1.82) is 0 Å². The van der Waals surface area contributed by atoms with E-state index in [0.717, 1.165) is 24.7 Å². The van der Waals surface area contributed by atoms with Crippen molar-refractivity contribution in [1.82, 2.24) is 0 Å². The standard InChI is InChI=1S/C10H18.C10H12.2C5H10/c2*1-2-6-10-8-4-3-7-9(10)5-1;2*1-3-5-4-2/h9-10H,1-8H2;1-2,5-6H,3-4,7-8H2;2*3H,1,4-5H2,2H3. The van der Waals surface area contributed by atoms with Crippen molar-refractivity contribution in [3.8, 4) is 0 Å². The Bertz CT molecular complexity index is 480. The summed E-state index contributed by atoms with van der Waals surface area (Å²) >= 11 is 0. The van der Waals surface area contributed by atoms with E-state index in [2.05, 4.69) is 51.3 Å². The van der Waals surface area contributed by atoms with Gasteiger partial charge in [-0.3, -0.25) is 0 Å². The lowest BCUT2D eigenvalue weighted by Gasteiger charge is -2.35. The van der Waals surface area contributed by atoms with Gasteiger partial charge < -0.3 is 0 Å². The molecular weight excluding hydrogens is 360 g/mol. The molecule has 170 valence electrons. The number of allylic oxidation sites excluding steroid dienone is 2. The van der Waals surface area contributed by atoms with Crippen LogP contribution in [0.5, 0.6) is 0 Å². The minimum absolute atomic E-state index is 1.15. The Hall–Kier alpha value is -1.30. The average Bonchev–Trinajstić information content (AvgIpc) is 2.82. The summed E-state index contributed by atoms with van der Waals surface area (Å²) in [5, 5.41) is 0. The number of rotatable bonds is 4. The van der Waals surface area contributed by atoms with Crippen molar-refractivity contribution in [2.45, 2.75) is 117 Å². The Morgan fingerprint density at radius 3 is 1.30 bits per heavy atom. The first kappa shape index (κ1) is 26.7. The van der Waals surface area contributed by atoms with Crippen LogP contribution in [-0.4, -0.2) is 0 Å². The lowest BCUT2D eigenvalue weighted by Crippen LogP contribution is -2.22. The quantitative estimate of drug-likeness (QED) is 0.433. The molecule has 0 saturated heterocycles. The van der Waals surface area contributed by atoms with Crippen LogP contribution in [0.2, 0.25) is 0 Å². The van der Waals surface area contributed by atoms with Crippen LogP contribution in [0, 0.1) is 11.8 Å². The third kappa shape index (κ3) is 11.8. The SMILES string of the molecule is C1CCC2CCCCC2C1.C=CCCC.C=CCCC.c1ccc2c(c1)CCCC2. The summed E-state index contributed by atoms with van der Waals surface area (Å²) in [6.45, 7) is 11.4. The van der Waals surface area contributed by atoms with E-state index < -0.39 is 0 Å². The first-order valence-corrected chi connectivity index (χ1v) is 13.0. The summed E-state index contributed by atoms with van der Waals surface area (Å²) in [5.74, 6) is 2.31. The van der Waals surface area contributed by atoms with Crippen LogP contribution in [0.4, 0.5) is 0 Å². The predicted molar refractivity (Wildman–Crippen MR) is 137 cm³/mol. The Labute approximate surface area is 189 Å². The number of hydrogen-bond donors (Lipinski definition) is 0. The van der Waals surface area contributed by atoms with Gasteiger partial charge in [0.1, 0.15) is 0 Å². The van der Waals surface area contributed by atoms with Gasteiger partial charge in [0.05, 0.1) is 0 Å². The minimum atomic E-state index is 1.15. The molecule has 3 aliphatic rings. The number of hydrogen-bond acceptors (Lipinski definition) is 0. The van der Waals surface area contributed by atoms with E-state index in [1.165, 1.54) is 64.2 Å². The van der Waals surface area contributed by atoms with Gasteiger partial charge in [-0.05, 0) is 61.5 Å². The van der Waals surface area contributed by atoms with E-state index in [4.69, 9.17) is 0 Å². The maximum Gasteiger partial charge on any atom is -0.0276 e. The van der Waals surface area contributed by atoms with E-state index in [-0.39, 0.29) is 0 Å². The van der Waals surface area contributed by atoms with Crippen LogP contribution in [-0.2, 0) is 12.8 Å². The molecule has 30 heavy (non-hydrogen) atoms. The van der Waals surface area contributed by atoms with Crippen LogP contribution >= 0.6 is 0 Å². The third-order valence-electron chi connectivity index (χ3n) is 6.71. The number of aryl methyl sites for hydroxylation is 2. The second-order valence-electron chi connectivity index (χ2n) is 9.22. The molecule has 0 spiro atoms. The highest BCUT2D eigenvalue weighted by Gasteiger charge is 2.26. The molecule has 1 aromatic carbocycles. The molecule has 0 N–H and O–H groups in total. The monoisotopic (exact) mass is 410 g/mol. The van der Waals surface area contributed by atoms with E-state index in [1.54, 1.807) is 36.8 Å². The molecule has 0 aromatic heterocycles. The van der Waals surface area contributed by atoms with Crippen molar-refractivity contribution < 1.29 is 0 Å². The van der Waals surface area contributed by atoms with Gasteiger partial charge in [0, 0.05) is 0 Å². The molecule has 0 heterocycles. The van der Waals surface area contributed by atoms with Gasteiger partial charge in [-0.25, -0.2) is 0 Å².